The Bertz CT molecular complexity index is 1160. The first-order chi connectivity index (χ1) is 17.1. The molecule has 3 aromatic carbocycles. The largest absolute Gasteiger partial charge is 0.454 e. The summed E-state index contributed by atoms with van der Waals surface area (Å²) in [6.45, 7) is 3.66. The summed E-state index contributed by atoms with van der Waals surface area (Å²) in [6, 6.07) is 25.3. The fourth-order valence-corrected chi connectivity index (χ4v) is 3.71. The molecule has 1 heterocycles. The molecule has 0 aliphatic carbocycles. The topological polar surface area (TPSA) is 88.1 Å². The molecule has 0 N–H and O–H groups in total. The zero-order valence-corrected chi connectivity index (χ0v) is 18.8. The van der Waals surface area contributed by atoms with Crippen molar-refractivity contribution in [2.75, 3.05) is 6.61 Å². The quantitative estimate of drug-likeness (QED) is 0.285. The monoisotopic (exact) mass is 472 g/mol. The third kappa shape index (κ3) is 5.83. The highest BCUT2D eigenvalue weighted by Gasteiger charge is 2.45. The van der Waals surface area contributed by atoms with Crippen LogP contribution in [0, 0.1) is 5.92 Å². The van der Waals surface area contributed by atoms with Gasteiger partial charge in [-0.25, -0.2) is 14.4 Å². The van der Waals surface area contributed by atoms with Crippen molar-refractivity contribution >= 4 is 17.9 Å². The third-order valence-electron chi connectivity index (χ3n) is 5.51. The van der Waals surface area contributed by atoms with Crippen molar-refractivity contribution in [1.29, 1.82) is 0 Å². The van der Waals surface area contributed by atoms with Crippen LogP contribution in [-0.2, 0) is 18.9 Å². The van der Waals surface area contributed by atoms with Gasteiger partial charge in [0.1, 0.15) is 0 Å². The van der Waals surface area contributed by atoms with E-state index in [1.807, 2.05) is 0 Å². The third-order valence-corrected chi connectivity index (χ3v) is 5.51. The first kappa shape index (κ1) is 23.9. The van der Waals surface area contributed by atoms with E-state index in [0.717, 1.165) is 0 Å². The lowest BCUT2D eigenvalue weighted by atomic mass is 9.94. The Morgan fingerprint density at radius 3 is 1.57 bits per heavy atom. The first-order valence-corrected chi connectivity index (χ1v) is 11.1. The van der Waals surface area contributed by atoms with Gasteiger partial charge in [0.2, 0.25) is 6.29 Å². The van der Waals surface area contributed by atoms with Crippen molar-refractivity contribution in [2.24, 2.45) is 5.92 Å². The van der Waals surface area contributed by atoms with Crippen molar-refractivity contribution in [3.8, 4) is 0 Å². The number of rotatable bonds is 7. The van der Waals surface area contributed by atoms with E-state index in [1.54, 1.807) is 91.0 Å². The Morgan fingerprint density at radius 2 is 1.11 bits per heavy atom. The summed E-state index contributed by atoms with van der Waals surface area (Å²) in [5.74, 6) is -2.60. The Kier molecular flexibility index (Phi) is 7.70. The Balaban J connectivity index is 1.56. The second kappa shape index (κ2) is 11.3. The molecule has 35 heavy (non-hydrogen) atoms. The fourth-order valence-electron chi connectivity index (χ4n) is 3.71. The lowest BCUT2D eigenvalue weighted by Crippen LogP contribution is -2.53. The predicted octanol–water partition coefficient (Wildman–Crippen LogP) is 4.45. The van der Waals surface area contributed by atoms with E-state index in [1.165, 1.54) is 6.08 Å². The zero-order chi connectivity index (χ0) is 24.6. The van der Waals surface area contributed by atoms with Gasteiger partial charge >= 0.3 is 17.9 Å². The smallest absolute Gasteiger partial charge is 0.340 e. The molecule has 3 aromatic rings. The number of carbonyl (C=O) groups excluding carboxylic acids is 3. The number of hydrogen-bond acceptors (Lipinski definition) is 7. The maximum atomic E-state index is 12.9. The lowest BCUT2D eigenvalue weighted by molar-refractivity contribution is -0.218. The van der Waals surface area contributed by atoms with Gasteiger partial charge in [-0.3, -0.25) is 0 Å². The molecule has 0 aromatic heterocycles. The van der Waals surface area contributed by atoms with Gasteiger partial charge in [0.25, 0.3) is 0 Å². The van der Waals surface area contributed by atoms with Crippen LogP contribution in [0.25, 0.3) is 0 Å². The molecule has 0 amide bonds. The lowest BCUT2D eigenvalue weighted by Gasteiger charge is -2.39. The van der Waals surface area contributed by atoms with E-state index in [4.69, 9.17) is 18.9 Å². The minimum atomic E-state index is -1.10. The molecule has 178 valence electrons. The van der Waals surface area contributed by atoms with Gasteiger partial charge in [0.15, 0.2) is 12.2 Å². The minimum absolute atomic E-state index is 0.150. The summed E-state index contributed by atoms with van der Waals surface area (Å²) >= 11 is 0. The Hall–Kier alpha value is -4.23. The van der Waals surface area contributed by atoms with Crippen molar-refractivity contribution < 1.29 is 33.3 Å². The van der Waals surface area contributed by atoms with Crippen LogP contribution in [0.2, 0.25) is 0 Å². The van der Waals surface area contributed by atoms with Crippen molar-refractivity contribution in [3.05, 3.63) is 120 Å². The van der Waals surface area contributed by atoms with Crippen LogP contribution < -0.4 is 0 Å². The summed E-state index contributed by atoms with van der Waals surface area (Å²) < 4.78 is 22.8. The predicted molar refractivity (Wildman–Crippen MR) is 127 cm³/mol. The number of esters is 3. The summed E-state index contributed by atoms with van der Waals surface area (Å²) in [7, 11) is 0. The van der Waals surface area contributed by atoms with Crippen LogP contribution in [0.15, 0.2) is 104 Å². The second-order valence-corrected chi connectivity index (χ2v) is 7.83. The molecule has 1 aliphatic heterocycles. The SMILES string of the molecule is C=C[C@H]1C(OC(=O)c2ccccc2)OC[C@@H](OC(=O)c2ccccc2)[C@@H]1OC(=O)c1ccccc1. The van der Waals surface area contributed by atoms with Gasteiger partial charge in [-0.15, -0.1) is 6.58 Å². The highest BCUT2D eigenvalue weighted by Crippen LogP contribution is 2.30. The summed E-state index contributed by atoms with van der Waals surface area (Å²) in [6.07, 6.45) is -1.59. The summed E-state index contributed by atoms with van der Waals surface area (Å²) in [5.41, 5.74) is 1.01. The van der Waals surface area contributed by atoms with Crippen LogP contribution in [0.5, 0.6) is 0 Å². The van der Waals surface area contributed by atoms with Gasteiger partial charge in [0, 0.05) is 0 Å². The number of ether oxygens (including phenoxy) is 4. The van der Waals surface area contributed by atoms with E-state index in [0.29, 0.717) is 16.7 Å². The number of hydrogen-bond donors (Lipinski definition) is 0. The van der Waals surface area contributed by atoms with Crippen LogP contribution in [0.1, 0.15) is 31.1 Å². The molecule has 1 fully saturated rings. The molecule has 1 saturated heterocycles. The average molecular weight is 472 g/mol. The Labute approximate surface area is 202 Å². The van der Waals surface area contributed by atoms with Crippen molar-refractivity contribution in [1.82, 2.24) is 0 Å². The molecule has 1 aliphatic rings. The second-order valence-electron chi connectivity index (χ2n) is 7.83. The van der Waals surface area contributed by atoms with E-state index >= 15 is 0 Å². The maximum Gasteiger partial charge on any atom is 0.340 e. The molecular formula is C28H24O7. The van der Waals surface area contributed by atoms with Crippen molar-refractivity contribution in [3.63, 3.8) is 0 Å². The highest BCUT2D eigenvalue weighted by molar-refractivity contribution is 5.91. The molecule has 7 nitrogen and oxygen atoms in total. The molecule has 0 radical (unpaired) electrons. The normalized spacial score (nSPS) is 21.4. The molecular weight excluding hydrogens is 448 g/mol. The summed E-state index contributed by atoms with van der Waals surface area (Å²) in [5, 5.41) is 0. The number of carbonyl (C=O) groups is 3. The van der Waals surface area contributed by atoms with Crippen molar-refractivity contribution in [2.45, 2.75) is 18.5 Å². The standard InChI is InChI=1S/C28H24O7/c1-2-22-24(34-26(30)20-14-8-4-9-15-20)23(33-25(29)19-12-6-3-7-13-19)18-32-28(22)35-27(31)21-16-10-5-11-17-21/h2-17,22-24,28H,1,18H2/t22-,23-,24-,28?/m1/s1. The van der Waals surface area contributed by atoms with Crippen LogP contribution >= 0.6 is 0 Å². The van der Waals surface area contributed by atoms with E-state index in [2.05, 4.69) is 6.58 Å². The Morgan fingerprint density at radius 1 is 0.686 bits per heavy atom. The fraction of sp³-hybridized carbons (Fsp3) is 0.179. The van der Waals surface area contributed by atoms with E-state index in [-0.39, 0.29) is 6.61 Å². The van der Waals surface area contributed by atoms with E-state index in [9.17, 15) is 14.4 Å². The van der Waals surface area contributed by atoms with Crippen LogP contribution in [0.4, 0.5) is 0 Å². The number of benzene rings is 3. The maximum absolute atomic E-state index is 12.9. The average Bonchev–Trinajstić information content (AvgIpc) is 2.91. The van der Waals surface area contributed by atoms with Gasteiger partial charge in [0.05, 0.1) is 29.2 Å². The van der Waals surface area contributed by atoms with Gasteiger partial charge in [-0.2, -0.15) is 0 Å². The van der Waals surface area contributed by atoms with Crippen LogP contribution in [0.3, 0.4) is 0 Å². The minimum Gasteiger partial charge on any atom is -0.454 e. The molecule has 4 atom stereocenters. The van der Waals surface area contributed by atoms with Crippen LogP contribution in [-0.4, -0.2) is 43.0 Å². The molecule has 1 unspecified atom stereocenters. The van der Waals surface area contributed by atoms with E-state index < -0.39 is 42.3 Å². The molecule has 0 saturated carbocycles. The molecule has 4 rings (SSSR count). The molecule has 7 heteroatoms. The van der Waals surface area contributed by atoms with Gasteiger partial charge in [-0.05, 0) is 36.4 Å². The zero-order valence-electron chi connectivity index (χ0n) is 18.8. The summed E-state index contributed by atoms with van der Waals surface area (Å²) in [4.78, 5) is 38.2. The van der Waals surface area contributed by atoms with Gasteiger partial charge in [-0.1, -0.05) is 60.7 Å². The van der Waals surface area contributed by atoms with Gasteiger partial charge < -0.3 is 18.9 Å². The first-order valence-electron chi connectivity index (χ1n) is 11.1. The highest BCUT2D eigenvalue weighted by atomic mass is 16.7. The molecule has 0 bridgehead atoms. The molecule has 0 spiro atoms.